The van der Waals surface area contributed by atoms with Crippen LogP contribution in [0.2, 0.25) is 0 Å². The van der Waals surface area contributed by atoms with E-state index in [9.17, 15) is 9.59 Å². The van der Waals surface area contributed by atoms with Crippen LogP contribution >= 0.6 is 0 Å². The summed E-state index contributed by atoms with van der Waals surface area (Å²) in [6.07, 6.45) is 1.56. The van der Waals surface area contributed by atoms with Crippen LogP contribution in [0, 0.1) is 19.8 Å². The average molecular weight is 379 g/mol. The lowest BCUT2D eigenvalue weighted by molar-refractivity contribution is 0.458. The summed E-state index contributed by atoms with van der Waals surface area (Å²) in [7, 11) is 1.66. The van der Waals surface area contributed by atoms with Gasteiger partial charge in [0, 0.05) is 32.4 Å². The molecule has 0 bridgehead atoms. The molecule has 0 N–H and O–H groups in total. The van der Waals surface area contributed by atoms with Crippen LogP contribution in [0.1, 0.15) is 18.1 Å². The van der Waals surface area contributed by atoms with Gasteiger partial charge in [0.15, 0.2) is 11.2 Å². The summed E-state index contributed by atoms with van der Waals surface area (Å²) in [6.45, 7) is 11.7. The number of anilines is 2. The molecule has 4 rings (SSSR count). The standard InChI is InChI=1S/C21H25N5O2/c1-6-9-24-19(27)17-18(23(5)21(24)28)22-20-25(11-13(2)12-26(17)20)16-8-7-14(3)15(4)10-16/h6-8,10,13H,1,9,11-12H2,2-5H3. The lowest BCUT2D eigenvalue weighted by Gasteiger charge is -2.33. The highest BCUT2D eigenvalue weighted by Crippen LogP contribution is 2.33. The van der Waals surface area contributed by atoms with E-state index in [1.54, 1.807) is 13.1 Å². The molecule has 3 aromatic rings. The molecule has 1 atom stereocenters. The van der Waals surface area contributed by atoms with Gasteiger partial charge >= 0.3 is 5.69 Å². The fourth-order valence-electron chi connectivity index (χ4n) is 3.91. The topological polar surface area (TPSA) is 65.1 Å². The number of allylic oxidation sites excluding steroid dienone is 1. The smallest absolute Gasteiger partial charge is 0.312 e. The van der Waals surface area contributed by atoms with Crippen LogP contribution in [0.25, 0.3) is 11.2 Å². The maximum Gasteiger partial charge on any atom is 0.332 e. The molecule has 7 heteroatoms. The maximum absolute atomic E-state index is 13.1. The number of rotatable bonds is 3. The van der Waals surface area contributed by atoms with Crippen molar-refractivity contribution in [2.24, 2.45) is 13.0 Å². The Kier molecular flexibility index (Phi) is 4.25. The second-order valence-corrected chi connectivity index (χ2v) is 7.72. The van der Waals surface area contributed by atoms with Gasteiger partial charge in [0.25, 0.3) is 5.56 Å². The van der Waals surface area contributed by atoms with Crippen molar-refractivity contribution in [1.82, 2.24) is 18.7 Å². The lowest BCUT2D eigenvalue weighted by atomic mass is 10.1. The van der Waals surface area contributed by atoms with Gasteiger partial charge in [-0.1, -0.05) is 19.1 Å². The lowest BCUT2D eigenvalue weighted by Crippen LogP contribution is -2.40. The fourth-order valence-corrected chi connectivity index (χ4v) is 3.91. The first-order valence-electron chi connectivity index (χ1n) is 9.49. The first-order chi connectivity index (χ1) is 13.3. The van der Waals surface area contributed by atoms with Crippen molar-refractivity contribution in [2.75, 3.05) is 11.4 Å². The third-order valence-electron chi connectivity index (χ3n) is 5.56. The molecule has 7 nitrogen and oxygen atoms in total. The van der Waals surface area contributed by atoms with Crippen LogP contribution in [-0.4, -0.2) is 25.2 Å². The summed E-state index contributed by atoms with van der Waals surface area (Å²) in [5.74, 6) is 1.04. The molecule has 0 aliphatic carbocycles. The van der Waals surface area contributed by atoms with Gasteiger partial charge in [0.05, 0.1) is 0 Å². The van der Waals surface area contributed by atoms with Crippen molar-refractivity contribution in [2.45, 2.75) is 33.9 Å². The molecule has 0 saturated heterocycles. The number of hydrogen-bond donors (Lipinski definition) is 0. The zero-order chi connectivity index (χ0) is 20.2. The Balaban J connectivity index is 2.02. The number of imidazole rings is 1. The van der Waals surface area contributed by atoms with Gasteiger partial charge in [0.1, 0.15) is 0 Å². The number of fused-ring (bicyclic) bond motifs is 3. The predicted molar refractivity (Wildman–Crippen MR) is 112 cm³/mol. The molecule has 28 heavy (non-hydrogen) atoms. The largest absolute Gasteiger partial charge is 0.332 e. The van der Waals surface area contributed by atoms with E-state index in [0.29, 0.717) is 29.6 Å². The monoisotopic (exact) mass is 379 g/mol. The van der Waals surface area contributed by atoms with Crippen LogP contribution in [0.3, 0.4) is 0 Å². The quantitative estimate of drug-likeness (QED) is 0.656. The van der Waals surface area contributed by atoms with Gasteiger partial charge < -0.3 is 9.47 Å². The van der Waals surface area contributed by atoms with Gasteiger partial charge in [-0.25, -0.2) is 4.79 Å². The summed E-state index contributed by atoms with van der Waals surface area (Å²) >= 11 is 0. The number of hydrogen-bond acceptors (Lipinski definition) is 4. The summed E-state index contributed by atoms with van der Waals surface area (Å²) in [4.78, 5) is 32.6. The summed E-state index contributed by atoms with van der Waals surface area (Å²) in [5.41, 5.74) is 3.69. The van der Waals surface area contributed by atoms with Gasteiger partial charge in [0.2, 0.25) is 5.95 Å². The van der Waals surface area contributed by atoms with Gasteiger partial charge in [-0.15, -0.1) is 6.58 Å². The molecule has 0 spiro atoms. The van der Waals surface area contributed by atoms with Crippen LogP contribution in [0.5, 0.6) is 0 Å². The highest BCUT2D eigenvalue weighted by Gasteiger charge is 2.29. The van der Waals surface area contributed by atoms with Crippen LogP contribution in [-0.2, 0) is 20.1 Å². The van der Waals surface area contributed by atoms with Crippen molar-refractivity contribution in [3.05, 3.63) is 62.8 Å². The highest BCUT2D eigenvalue weighted by molar-refractivity contribution is 5.77. The minimum absolute atomic E-state index is 0.179. The molecule has 0 radical (unpaired) electrons. The van der Waals surface area contributed by atoms with Gasteiger partial charge in [-0.3, -0.25) is 13.9 Å². The van der Waals surface area contributed by atoms with Crippen molar-refractivity contribution in [3.8, 4) is 0 Å². The van der Waals surface area contributed by atoms with E-state index in [2.05, 4.69) is 50.4 Å². The minimum atomic E-state index is -0.376. The molecule has 0 saturated carbocycles. The third-order valence-corrected chi connectivity index (χ3v) is 5.56. The number of aryl methyl sites for hydroxylation is 3. The van der Waals surface area contributed by atoms with E-state index in [-0.39, 0.29) is 17.8 Å². The Labute approximate surface area is 163 Å². The average Bonchev–Trinajstić information content (AvgIpc) is 3.04. The molecule has 0 amide bonds. The summed E-state index contributed by atoms with van der Waals surface area (Å²) in [5, 5.41) is 0. The molecule has 1 aliphatic heterocycles. The normalized spacial score (nSPS) is 16.4. The first kappa shape index (κ1) is 18.3. The summed E-state index contributed by atoms with van der Waals surface area (Å²) in [6, 6.07) is 6.33. The van der Waals surface area contributed by atoms with Crippen molar-refractivity contribution >= 4 is 22.8 Å². The third kappa shape index (κ3) is 2.61. The molecule has 1 unspecified atom stereocenters. The molecule has 1 aromatic carbocycles. The van der Waals surface area contributed by atoms with E-state index < -0.39 is 0 Å². The molecule has 3 heterocycles. The zero-order valence-corrected chi connectivity index (χ0v) is 16.8. The Morgan fingerprint density at radius 3 is 2.64 bits per heavy atom. The number of nitrogens with zero attached hydrogens (tertiary/aromatic N) is 5. The Morgan fingerprint density at radius 2 is 1.96 bits per heavy atom. The molecule has 0 fully saturated rings. The molecule has 146 valence electrons. The molecule has 1 aliphatic rings. The first-order valence-corrected chi connectivity index (χ1v) is 9.49. The van der Waals surface area contributed by atoms with E-state index in [4.69, 9.17) is 4.98 Å². The SMILES string of the molecule is C=CCn1c(=O)c2c(nc3n2CC(C)CN3c2ccc(C)c(C)c2)n(C)c1=O. The van der Waals surface area contributed by atoms with Gasteiger partial charge in [-0.2, -0.15) is 4.98 Å². The molecular formula is C21H25N5O2. The molecule has 2 aromatic heterocycles. The van der Waals surface area contributed by atoms with Crippen molar-refractivity contribution in [3.63, 3.8) is 0 Å². The van der Waals surface area contributed by atoms with Crippen LogP contribution < -0.4 is 16.1 Å². The Bertz CT molecular complexity index is 1210. The molecular weight excluding hydrogens is 354 g/mol. The fraction of sp³-hybridized carbons (Fsp3) is 0.381. The minimum Gasteiger partial charge on any atom is -0.312 e. The maximum atomic E-state index is 13.1. The van der Waals surface area contributed by atoms with E-state index in [1.807, 2.05) is 4.57 Å². The van der Waals surface area contributed by atoms with Crippen LogP contribution in [0.15, 0.2) is 40.4 Å². The Morgan fingerprint density at radius 1 is 1.21 bits per heavy atom. The Hall–Kier alpha value is -3.09. The van der Waals surface area contributed by atoms with Crippen molar-refractivity contribution in [1.29, 1.82) is 0 Å². The highest BCUT2D eigenvalue weighted by atomic mass is 16.2. The zero-order valence-electron chi connectivity index (χ0n) is 16.8. The second-order valence-electron chi connectivity index (χ2n) is 7.72. The van der Waals surface area contributed by atoms with Gasteiger partial charge in [-0.05, 0) is 43.0 Å². The number of benzene rings is 1. The number of aromatic nitrogens is 4. The predicted octanol–water partition coefficient (Wildman–Crippen LogP) is 2.49. The van der Waals surface area contributed by atoms with Crippen molar-refractivity contribution < 1.29 is 0 Å². The van der Waals surface area contributed by atoms with E-state index in [0.717, 1.165) is 12.2 Å². The van der Waals surface area contributed by atoms with E-state index in [1.165, 1.54) is 20.3 Å². The van der Waals surface area contributed by atoms with E-state index >= 15 is 0 Å². The summed E-state index contributed by atoms with van der Waals surface area (Å²) < 4.78 is 4.62. The second kappa shape index (κ2) is 6.51. The van der Waals surface area contributed by atoms with Crippen LogP contribution in [0.4, 0.5) is 11.6 Å².